The van der Waals surface area contributed by atoms with E-state index in [2.05, 4.69) is 22.9 Å². The highest BCUT2D eigenvalue weighted by atomic mass is 14.9. The third kappa shape index (κ3) is 11.8. The Labute approximate surface area is 88.0 Å². The molecule has 4 heteroatoms. The molecule has 4 nitrogen and oxygen atoms in total. The summed E-state index contributed by atoms with van der Waals surface area (Å²) in [7, 11) is 0. The van der Waals surface area contributed by atoms with E-state index in [4.69, 9.17) is 5.73 Å². The number of nitrogens with two attached hydrogens (primary N) is 1. The molecule has 0 atom stereocenters. The summed E-state index contributed by atoms with van der Waals surface area (Å²) in [4.78, 5) is 0. The van der Waals surface area contributed by atoms with Gasteiger partial charge in [-0.05, 0) is 32.5 Å². The van der Waals surface area contributed by atoms with E-state index < -0.39 is 0 Å². The van der Waals surface area contributed by atoms with E-state index in [1.165, 1.54) is 12.8 Å². The Bertz CT molecular complexity index is 86.1. The van der Waals surface area contributed by atoms with E-state index in [0.717, 1.165) is 45.8 Å². The Morgan fingerprint density at radius 1 is 0.786 bits per heavy atom. The molecule has 0 saturated carbocycles. The minimum Gasteiger partial charge on any atom is -0.329 e. The molecular weight excluding hydrogens is 176 g/mol. The van der Waals surface area contributed by atoms with Gasteiger partial charge in [0.1, 0.15) is 0 Å². The lowest BCUT2D eigenvalue weighted by Crippen LogP contribution is -2.30. The summed E-state index contributed by atoms with van der Waals surface area (Å²) in [5.74, 6) is 0. The van der Waals surface area contributed by atoms with Gasteiger partial charge in [-0.3, -0.25) is 0 Å². The molecule has 0 saturated heterocycles. The summed E-state index contributed by atoms with van der Waals surface area (Å²) in [5.41, 5.74) is 5.35. The molecule has 5 N–H and O–H groups in total. The maximum absolute atomic E-state index is 5.35. The van der Waals surface area contributed by atoms with Crippen molar-refractivity contribution in [2.24, 2.45) is 5.73 Å². The Hall–Kier alpha value is -0.160. The highest BCUT2D eigenvalue weighted by Crippen LogP contribution is 1.73. The first kappa shape index (κ1) is 13.8. The number of hydrogen-bond donors (Lipinski definition) is 4. The zero-order valence-electron chi connectivity index (χ0n) is 9.44. The molecule has 0 aromatic carbocycles. The first-order chi connectivity index (χ1) is 6.91. The number of hydrogen-bond acceptors (Lipinski definition) is 4. The predicted molar refractivity (Wildman–Crippen MR) is 62.6 cm³/mol. The molecule has 0 aliphatic heterocycles. The van der Waals surface area contributed by atoms with Crippen LogP contribution < -0.4 is 21.7 Å². The van der Waals surface area contributed by atoms with Gasteiger partial charge in [-0.15, -0.1) is 0 Å². The molecule has 14 heavy (non-hydrogen) atoms. The van der Waals surface area contributed by atoms with Crippen LogP contribution in [0.25, 0.3) is 0 Å². The van der Waals surface area contributed by atoms with Gasteiger partial charge < -0.3 is 21.7 Å². The van der Waals surface area contributed by atoms with Crippen molar-refractivity contribution < 1.29 is 0 Å². The van der Waals surface area contributed by atoms with Crippen molar-refractivity contribution >= 4 is 0 Å². The summed E-state index contributed by atoms with van der Waals surface area (Å²) >= 11 is 0. The molecule has 86 valence electrons. The molecular formula is C10H26N4. The van der Waals surface area contributed by atoms with E-state index in [9.17, 15) is 0 Å². The van der Waals surface area contributed by atoms with Gasteiger partial charge in [0.25, 0.3) is 0 Å². The minimum absolute atomic E-state index is 0.731. The normalized spacial score (nSPS) is 10.7. The van der Waals surface area contributed by atoms with Gasteiger partial charge in [0.15, 0.2) is 0 Å². The second-order valence-electron chi connectivity index (χ2n) is 3.39. The molecule has 0 bridgehead atoms. The van der Waals surface area contributed by atoms with Crippen molar-refractivity contribution in [3.05, 3.63) is 0 Å². The topological polar surface area (TPSA) is 62.1 Å². The van der Waals surface area contributed by atoms with Crippen LogP contribution in [0.1, 0.15) is 19.8 Å². The average Bonchev–Trinajstić information content (AvgIpc) is 2.21. The molecule has 0 radical (unpaired) electrons. The highest BCUT2D eigenvalue weighted by Gasteiger charge is 1.88. The van der Waals surface area contributed by atoms with Crippen LogP contribution in [0, 0.1) is 0 Å². The fourth-order valence-electron chi connectivity index (χ4n) is 1.17. The Morgan fingerprint density at radius 2 is 1.36 bits per heavy atom. The number of nitrogens with one attached hydrogen (secondary N) is 3. The second kappa shape index (κ2) is 12.8. The minimum atomic E-state index is 0.731. The van der Waals surface area contributed by atoms with Crippen molar-refractivity contribution in [1.82, 2.24) is 16.0 Å². The van der Waals surface area contributed by atoms with Crippen molar-refractivity contribution in [2.75, 3.05) is 45.8 Å². The molecule has 0 unspecified atom stereocenters. The lowest BCUT2D eigenvalue weighted by Gasteiger charge is -2.06. The van der Waals surface area contributed by atoms with Crippen molar-refractivity contribution in [3.8, 4) is 0 Å². The maximum Gasteiger partial charge on any atom is 0.00767 e. The van der Waals surface area contributed by atoms with Crippen molar-refractivity contribution in [3.63, 3.8) is 0 Å². The van der Waals surface area contributed by atoms with Gasteiger partial charge in [0.2, 0.25) is 0 Å². The number of rotatable bonds is 11. The Balaban J connectivity index is 2.78. The van der Waals surface area contributed by atoms with Gasteiger partial charge in [0, 0.05) is 26.2 Å². The summed E-state index contributed by atoms with van der Waals surface area (Å²) in [6.45, 7) is 9.26. The smallest absolute Gasteiger partial charge is 0.00767 e. The largest absolute Gasteiger partial charge is 0.329 e. The van der Waals surface area contributed by atoms with E-state index >= 15 is 0 Å². The van der Waals surface area contributed by atoms with Gasteiger partial charge in [0.05, 0.1) is 0 Å². The fraction of sp³-hybridized carbons (Fsp3) is 1.00. The van der Waals surface area contributed by atoms with E-state index in [1.807, 2.05) is 0 Å². The molecule has 0 aliphatic rings. The third-order valence-corrected chi connectivity index (χ3v) is 1.93. The fourth-order valence-corrected chi connectivity index (χ4v) is 1.17. The van der Waals surface area contributed by atoms with Crippen LogP contribution in [0.5, 0.6) is 0 Å². The third-order valence-electron chi connectivity index (χ3n) is 1.93. The van der Waals surface area contributed by atoms with Gasteiger partial charge in [-0.25, -0.2) is 0 Å². The van der Waals surface area contributed by atoms with Gasteiger partial charge >= 0.3 is 0 Å². The van der Waals surface area contributed by atoms with Crippen LogP contribution in [-0.4, -0.2) is 45.8 Å². The zero-order chi connectivity index (χ0) is 10.5. The molecule has 0 aliphatic carbocycles. The van der Waals surface area contributed by atoms with Crippen LogP contribution in [0.2, 0.25) is 0 Å². The van der Waals surface area contributed by atoms with Crippen LogP contribution in [0.15, 0.2) is 0 Å². The zero-order valence-corrected chi connectivity index (χ0v) is 9.44. The van der Waals surface area contributed by atoms with E-state index in [1.54, 1.807) is 0 Å². The van der Waals surface area contributed by atoms with Crippen LogP contribution in [-0.2, 0) is 0 Å². The highest BCUT2D eigenvalue weighted by molar-refractivity contribution is 4.54. The SMILES string of the molecule is CCCNCCNCCCNCCN. The van der Waals surface area contributed by atoms with Crippen molar-refractivity contribution in [2.45, 2.75) is 19.8 Å². The molecule has 0 fully saturated rings. The maximum atomic E-state index is 5.35. The van der Waals surface area contributed by atoms with E-state index in [-0.39, 0.29) is 0 Å². The van der Waals surface area contributed by atoms with Crippen LogP contribution in [0.3, 0.4) is 0 Å². The summed E-state index contributed by atoms with van der Waals surface area (Å²) in [5, 5.41) is 10.0. The van der Waals surface area contributed by atoms with Crippen molar-refractivity contribution in [1.29, 1.82) is 0 Å². The average molecular weight is 202 g/mol. The standard InChI is InChI=1S/C10H26N4/c1-2-5-12-9-10-14-7-3-6-13-8-4-11/h12-14H,2-11H2,1H3. The summed E-state index contributed by atoms with van der Waals surface area (Å²) in [6.07, 6.45) is 2.39. The molecule has 0 aromatic heterocycles. The Kier molecular flexibility index (Phi) is 12.7. The first-order valence-electron chi connectivity index (χ1n) is 5.74. The summed E-state index contributed by atoms with van der Waals surface area (Å²) < 4.78 is 0. The molecule has 0 rings (SSSR count). The quantitative estimate of drug-likeness (QED) is 0.342. The van der Waals surface area contributed by atoms with Gasteiger partial charge in [-0.2, -0.15) is 0 Å². The monoisotopic (exact) mass is 202 g/mol. The summed E-state index contributed by atoms with van der Waals surface area (Å²) in [6, 6.07) is 0. The second-order valence-corrected chi connectivity index (χ2v) is 3.39. The molecule has 0 aromatic rings. The van der Waals surface area contributed by atoms with Crippen LogP contribution >= 0.6 is 0 Å². The molecule has 0 amide bonds. The Morgan fingerprint density at radius 3 is 1.93 bits per heavy atom. The molecule has 0 heterocycles. The van der Waals surface area contributed by atoms with Gasteiger partial charge in [-0.1, -0.05) is 6.92 Å². The lowest BCUT2D eigenvalue weighted by atomic mass is 10.4. The van der Waals surface area contributed by atoms with E-state index in [0.29, 0.717) is 0 Å². The molecule has 0 spiro atoms. The van der Waals surface area contributed by atoms with Crippen LogP contribution in [0.4, 0.5) is 0 Å². The lowest BCUT2D eigenvalue weighted by molar-refractivity contribution is 0.573. The first-order valence-corrected chi connectivity index (χ1v) is 5.74. The predicted octanol–water partition coefficient (Wildman–Crippen LogP) is -0.486.